The molecule has 1 heterocycles. The van der Waals surface area contributed by atoms with Gasteiger partial charge in [-0.15, -0.1) is 0 Å². The Balaban J connectivity index is 2.27. The molecule has 106 valence electrons. The lowest BCUT2D eigenvalue weighted by molar-refractivity contribution is -0.158. The molecular weight excluding hydrogens is 244 g/mol. The normalized spacial score (nSPS) is 34.3. The van der Waals surface area contributed by atoms with Gasteiger partial charge in [0.25, 0.3) is 0 Å². The summed E-state index contributed by atoms with van der Waals surface area (Å²) in [5.41, 5.74) is 1.11. The summed E-state index contributed by atoms with van der Waals surface area (Å²) in [6.07, 6.45) is 2.81. The van der Waals surface area contributed by atoms with Crippen molar-refractivity contribution in [1.29, 1.82) is 0 Å². The second kappa shape index (κ2) is 5.00. The summed E-state index contributed by atoms with van der Waals surface area (Å²) in [5, 5.41) is 10.6. The van der Waals surface area contributed by atoms with Gasteiger partial charge in [0.15, 0.2) is 6.10 Å². The fraction of sp³-hybridized carbons (Fsp3) is 0.667. The van der Waals surface area contributed by atoms with Crippen molar-refractivity contribution in [3.63, 3.8) is 0 Å². The molecular formula is C15H22O4. The summed E-state index contributed by atoms with van der Waals surface area (Å²) >= 11 is 0. The van der Waals surface area contributed by atoms with Crippen LogP contribution in [-0.4, -0.2) is 29.4 Å². The minimum atomic E-state index is -1.06. The number of allylic oxidation sites excluding steroid dienone is 2. The van der Waals surface area contributed by atoms with Crippen molar-refractivity contribution >= 4 is 5.97 Å². The number of esters is 1. The maximum absolute atomic E-state index is 11.8. The minimum Gasteiger partial charge on any atom is -0.480 e. The number of carbonyl (C=O) groups excluding carboxylic acids is 1. The van der Waals surface area contributed by atoms with Gasteiger partial charge in [0.1, 0.15) is 11.4 Å². The third kappa shape index (κ3) is 2.41. The van der Waals surface area contributed by atoms with E-state index < -0.39 is 11.7 Å². The first-order valence-corrected chi connectivity index (χ1v) is 6.86. The predicted octanol–water partition coefficient (Wildman–Crippen LogP) is 2.33. The molecule has 0 bridgehead atoms. The van der Waals surface area contributed by atoms with Crippen LogP contribution in [0.1, 0.15) is 40.5 Å². The molecule has 2 rings (SSSR count). The third-order valence-corrected chi connectivity index (χ3v) is 4.06. The van der Waals surface area contributed by atoms with E-state index in [-0.39, 0.29) is 11.9 Å². The number of rotatable bonds is 2. The zero-order chi connectivity index (χ0) is 14.2. The SMILES string of the molecule is CCOC(=O)C1CCC2=C(O1)C(C)(O)C(C)C=C2C. The second-order valence-electron chi connectivity index (χ2n) is 5.49. The highest BCUT2D eigenvalue weighted by atomic mass is 16.6. The molecule has 0 amide bonds. The summed E-state index contributed by atoms with van der Waals surface area (Å²) in [4.78, 5) is 11.8. The highest BCUT2D eigenvalue weighted by molar-refractivity contribution is 5.75. The van der Waals surface area contributed by atoms with Crippen molar-refractivity contribution in [2.45, 2.75) is 52.2 Å². The lowest BCUT2D eigenvalue weighted by Gasteiger charge is -2.40. The Morgan fingerprint density at radius 2 is 2.32 bits per heavy atom. The smallest absolute Gasteiger partial charge is 0.347 e. The maximum Gasteiger partial charge on any atom is 0.347 e. The molecule has 1 aliphatic heterocycles. The highest BCUT2D eigenvalue weighted by Gasteiger charge is 2.43. The summed E-state index contributed by atoms with van der Waals surface area (Å²) in [5.74, 6) is 0.168. The van der Waals surface area contributed by atoms with Gasteiger partial charge in [-0.2, -0.15) is 0 Å². The monoisotopic (exact) mass is 266 g/mol. The van der Waals surface area contributed by atoms with Crippen molar-refractivity contribution in [2.75, 3.05) is 6.61 Å². The van der Waals surface area contributed by atoms with Gasteiger partial charge in [-0.05, 0) is 44.8 Å². The van der Waals surface area contributed by atoms with E-state index in [2.05, 4.69) is 6.08 Å². The van der Waals surface area contributed by atoms with E-state index >= 15 is 0 Å². The van der Waals surface area contributed by atoms with Crippen molar-refractivity contribution < 1.29 is 19.4 Å². The molecule has 3 unspecified atom stereocenters. The van der Waals surface area contributed by atoms with E-state index in [4.69, 9.17) is 9.47 Å². The Bertz CT molecular complexity index is 445. The van der Waals surface area contributed by atoms with E-state index in [1.807, 2.05) is 13.8 Å². The van der Waals surface area contributed by atoms with E-state index in [9.17, 15) is 9.90 Å². The van der Waals surface area contributed by atoms with Gasteiger partial charge in [-0.3, -0.25) is 0 Å². The molecule has 0 aromatic rings. The lowest BCUT2D eigenvalue weighted by atomic mass is 9.77. The fourth-order valence-corrected chi connectivity index (χ4v) is 2.71. The number of ether oxygens (including phenoxy) is 2. The molecule has 0 radical (unpaired) electrons. The van der Waals surface area contributed by atoms with Gasteiger partial charge in [0.2, 0.25) is 0 Å². The van der Waals surface area contributed by atoms with E-state index in [1.165, 1.54) is 0 Å². The summed E-state index contributed by atoms with van der Waals surface area (Å²) < 4.78 is 10.8. The molecule has 4 nitrogen and oxygen atoms in total. The van der Waals surface area contributed by atoms with Crippen LogP contribution in [-0.2, 0) is 14.3 Å². The number of carbonyl (C=O) groups is 1. The average Bonchev–Trinajstić information content (AvgIpc) is 2.36. The number of aliphatic hydroxyl groups is 1. The fourth-order valence-electron chi connectivity index (χ4n) is 2.71. The molecule has 0 aromatic carbocycles. The first-order chi connectivity index (χ1) is 8.87. The molecule has 0 aromatic heterocycles. The van der Waals surface area contributed by atoms with Gasteiger partial charge in [-0.1, -0.05) is 13.0 Å². The molecule has 19 heavy (non-hydrogen) atoms. The number of hydrogen-bond donors (Lipinski definition) is 1. The van der Waals surface area contributed by atoms with Gasteiger partial charge in [0, 0.05) is 5.92 Å². The van der Waals surface area contributed by atoms with E-state index in [0.717, 1.165) is 17.6 Å². The topological polar surface area (TPSA) is 55.8 Å². The van der Waals surface area contributed by atoms with Crippen LogP contribution >= 0.6 is 0 Å². The van der Waals surface area contributed by atoms with Gasteiger partial charge < -0.3 is 14.6 Å². The highest BCUT2D eigenvalue weighted by Crippen LogP contribution is 2.42. The predicted molar refractivity (Wildman–Crippen MR) is 71.3 cm³/mol. The maximum atomic E-state index is 11.8. The molecule has 0 saturated carbocycles. The molecule has 3 atom stereocenters. The van der Waals surface area contributed by atoms with Crippen molar-refractivity contribution in [3.8, 4) is 0 Å². The standard InChI is InChI=1S/C15H22O4/c1-5-18-14(16)12-7-6-11-9(2)8-10(3)15(4,17)13(11)19-12/h8,10,12,17H,5-7H2,1-4H3. The Kier molecular flexibility index (Phi) is 3.72. The van der Waals surface area contributed by atoms with Crippen LogP contribution in [0.4, 0.5) is 0 Å². The van der Waals surface area contributed by atoms with E-state index in [0.29, 0.717) is 18.8 Å². The summed E-state index contributed by atoms with van der Waals surface area (Å²) in [6.45, 7) is 7.83. The summed E-state index contributed by atoms with van der Waals surface area (Å²) in [6, 6.07) is 0. The first-order valence-electron chi connectivity index (χ1n) is 6.86. The largest absolute Gasteiger partial charge is 0.480 e. The second-order valence-corrected chi connectivity index (χ2v) is 5.49. The third-order valence-electron chi connectivity index (χ3n) is 4.06. The number of hydrogen-bond acceptors (Lipinski definition) is 4. The van der Waals surface area contributed by atoms with Crippen LogP contribution in [0.2, 0.25) is 0 Å². The molecule has 0 spiro atoms. The van der Waals surface area contributed by atoms with Gasteiger partial charge >= 0.3 is 5.97 Å². The Hall–Kier alpha value is -1.29. The Morgan fingerprint density at radius 1 is 1.63 bits per heavy atom. The van der Waals surface area contributed by atoms with Gasteiger partial charge in [-0.25, -0.2) is 4.79 Å². The van der Waals surface area contributed by atoms with Crippen LogP contribution in [0.3, 0.4) is 0 Å². The molecule has 0 saturated heterocycles. The average molecular weight is 266 g/mol. The minimum absolute atomic E-state index is 0.0350. The molecule has 2 aliphatic rings. The molecule has 1 aliphatic carbocycles. The zero-order valence-corrected chi connectivity index (χ0v) is 12.0. The van der Waals surface area contributed by atoms with Crippen LogP contribution < -0.4 is 0 Å². The quantitative estimate of drug-likeness (QED) is 0.779. The van der Waals surface area contributed by atoms with Crippen molar-refractivity contribution in [2.24, 2.45) is 5.92 Å². The Morgan fingerprint density at radius 3 is 2.95 bits per heavy atom. The lowest BCUT2D eigenvalue weighted by Crippen LogP contribution is -2.43. The van der Waals surface area contributed by atoms with Crippen LogP contribution in [0.25, 0.3) is 0 Å². The molecule has 0 fully saturated rings. The summed E-state index contributed by atoms with van der Waals surface area (Å²) in [7, 11) is 0. The Labute approximate surface area is 114 Å². The molecule has 4 heteroatoms. The van der Waals surface area contributed by atoms with E-state index in [1.54, 1.807) is 13.8 Å². The van der Waals surface area contributed by atoms with Crippen LogP contribution in [0, 0.1) is 5.92 Å². The van der Waals surface area contributed by atoms with Crippen LogP contribution in [0.5, 0.6) is 0 Å². The van der Waals surface area contributed by atoms with Gasteiger partial charge in [0.05, 0.1) is 6.61 Å². The first kappa shape index (κ1) is 14.1. The van der Waals surface area contributed by atoms with Crippen molar-refractivity contribution in [1.82, 2.24) is 0 Å². The van der Waals surface area contributed by atoms with Crippen molar-refractivity contribution in [3.05, 3.63) is 23.0 Å². The zero-order valence-electron chi connectivity index (χ0n) is 12.0. The van der Waals surface area contributed by atoms with Crippen LogP contribution in [0.15, 0.2) is 23.0 Å². The molecule has 1 N–H and O–H groups in total.